The van der Waals surface area contributed by atoms with Gasteiger partial charge in [-0.3, -0.25) is 10.2 Å². The normalized spacial score (nSPS) is 11.5. The molecule has 2 N–H and O–H groups in total. The molecule has 0 saturated heterocycles. The van der Waals surface area contributed by atoms with Crippen LogP contribution in [0.25, 0.3) is 0 Å². The van der Waals surface area contributed by atoms with Gasteiger partial charge in [0.2, 0.25) is 5.91 Å². The van der Waals surface area contributed by atoms with Crippen LogP contribution in [-0.2, 0) is 14.3 Å². The average Bonchev–Trinajstić information content (AvgIpc) is 2.67. The molecule has 0 bridgehead atoms. The molecule has 0 heterocycles. The first-order valence-corrected chi connectivity index (χ1v) is 9.02. The fourth-order valence-electron chi connectivity index (χ4n) is 2.26. The molecule has 2 aromatic carbocycles. The highest BCUT2D eigenvalue weighted by molar-refractivity contribution is 6.35. The SMILES string of the molecule is COC(=O)[C@@H](NNC(=O)CCCOc1ccc(Cl)cc1Cl)c1ccccc1. The number of carbonyl (C=O) groups is 2. The second-order valence-corrected chi connectivity index (χ2v) is 6.43. The number of hydrazine groups is 1. The number of amides is 1. The van der Waals surface area contributed by atoms with Gasteiger partial charge in [0.1, 0.15) is 11.8 Å². The number of benzene rings is 2. The van der Waals surface area contributed by atoms with E-state index in [2.05, 4.69) is 10.9 Å². The van der Waals surface area contributed by atoms with Crippen LogP contribution in [-0.4, -0.2) is 25.6 Å². The molecule has 1 atom stereocenters. The molecule has 0 aliphatic carbocycles. The molecule has 6 nitrogen and oxygen atoms in total. The van der Waals surface area contributed by atoms with Crippen molar-refractivity contribution in [2.24, 2.45) is 0 Å². The monoisotopic (exact) mass is 410 g/mol. The Balaban J connectivity index is 1.76. The molecule has 0 saturated carbocycles. The molecule has 1 amide bonds. The van der Waals surface area contributed by atoms with Gasteiger partial charge < -0.3 is 9.47 Å². The zero-order chi connectivity index (χ0) is 19.6. The Morgan fingerprint density at radius 3 is 2.52 bits per heavy atom. The molecule has 2 aromatic rings. The number of rotatable bonds is 9. The van der Waals surface area contributed by atoms with Crippen LogP contribution in [0.2, 0.25) is 10.0 Å². The molecule has 144 valence electrons. The Kier molecular flexibility index (Phi) is 8.39. The maximum absolute atomic E-state index is 12.0. The van der Waals surface area contributed by atoms with Crippen LogP contribution >= 0.6 is 23.2 Å². The Morgan fingerprint density at radius 1 is 1.11 bits per heavy atom. The van der Waals surface area contributed by atoms with Gasteiger partial charge in [-0.25, -0.2) is 10.2 Å². The summed E-state index contributed by atoms with van der Waals surface area (Å²) in [6.45, 7) is 0.313. The van der Waals surface area contributed by atoms with E-state index in [9.17, 15) is 9.59 Å². The molecule has 0 aliphatic rings. The number of halogens is 2. The van der Waals surface area contributed by atoms with Crippen LogP contribution in [0.1, 0.15) is 24.4 Å². The number of methoxy groups -OCH3 is 1. The predicted molar refractivity (Wildman–Crippen MR) is 104 cm³/mol. The summed E-state index contributed by atoms with van der Waals surface area (Å²) in [5, 5.41) is 0.939. The third-order valence-corrected chi connectivity index (χ3v) is 4.16. The number of carbonyl (C=O) groups excluding carboxylic acids is 2. The minimum atomic E-state index is -0.788. The van der Waals surface area contributed by atoms with Gasteiger partial charge in [0.25, 0.3) is 0 Å². The lowest BCUT2D eigenvalue weighted by Gasteiger charge is -2.17. The van der Waals surface area contributed by atoms with Crippen molar-refractivity contribution in [1.29, 1.82) is 0 Å². The van der Waals surface area contributed by atoms with Crippen molar-refractivity contribution in [3.05, 3.63) is 64.1 Å². The van der Waals surface area contributed by atoms with Crippen LogP contribution in [0.15, 0.2) is 48.5 Å². The van der Waals surface area contributed by atoms with E-state index >= 15 is 0 Å². The molecular formula is C19H20Cl2N2O4. The van der Waals surface area contributed by atoms with Gasteiger partial charge in [0, 0.05) is 11.4 Å². The summed E-state index contributed by atoms with van der Waals surface area (Å²) in [6.07, 6.45) is 0.682. The van der Waals surface area contributed by atoms with Crippen molar-refractivity contribution < 1.29 is 19.1 Å². The predicted octanol–water partition coefficient (Wildman–Crippen LogP) is 3.69. The average molecular weight is 411 g/mol. The molecule has 2 rings (SSSR count). The van der Waals surface area contributed by atoms with Gasteiger partial charge in [-0.2, -0.15) is 0 Å². The number of esters is 1. The maximum atomic E-state index is 12.0. The standard InChI is InChI=1S/C19H20Cl2N2O4/c1-26-19(25)18(13-6-3-2-4-7-13)23-22-17(24)8-5-11-27-16-10-9-14(20)12-15(16)21/h2-4,6-7,9-10,12,18,23H,5,8,11H2,1H3,(H,22,24)/t18-/m0/s1. The van der Waals surface area contributed by atoms with E-state index in [1.165, 1.54) is 7.11 Å². The zero-order valence-electron chi connectivity index (χ0n) is 14.7. The number of hydrogen-bond acceptors (Lipinski definition) is 5. The van der Waals surface area contributed by atoms with Crippen LogP contribution in [0.5, 0.6) is 5.75 Å². The minimum absolute atomic E-state index is 0.209. The first-order valence-electron chi connectivity index (χ1n) is 8.26. The topological polar surface area (TPSA) is 76.7 Å². The first kappa shape index (κ1) is 21.0. The largest absolute Gasteiger partial charge is 0.492 e. The molecule has 0 aromatic heterocycles. The summed E-state index contributed by atoms with van der Waals surface area (Å²) in [4.78, 5) is 23.9. The lowest BCUT2D eigenvalue weighted by molar-refractivity contribution is -0.143. The van der Waals surface area contributed by atoms with E-state index in [0.717, 1.165) is 0 Å². The van der Waals surface area contributed by atoms with Crippen molar-refractivity contribution in [1.82, 2.24) is 10.9 Å². The molecule has 27 heavy (non-hydrogen) atoms. The van der Waals surface area contributed by atoms with E-state index in [1.807, 2.05) is 6.07 Å². The quantitative estimate of drug-likeness (QED) is 0.374. The second-order valence-electron chi connectivity index (χ2n) is 5.59. The van der Waals surface area contributed by atoms with Gasteiger partial charge in [0.15, 0.2) is 0 Å². The summed E-state index contributed by atoms with van der Waals surface area (Å²) in [5.41, 5.74) is 5.92. The van der Waals surface area contributed by atoms with Crippen molar-refractivity contribution in [3.63, 3.8) is 0 Å². The van der Waals surface area contributed by atoms with Crippen molar-refractivity contribution in [2.75, 3.05) is 13.7 Å². The van der Waals surface area contributed by atoms with Crippen molar-refractivity contribution in [2.45, 2.75) is 18.9 Å². The van der Waals surface area contributed by atoms with Gasteiger partial charge in [0.05, 0.1) is 18.7 Å². The number of ether oxygens (including phenoxy) is 2. The molecule has 0 unspecified atom stereocenters. The first-order chi connectivity index (χ1) is 13.0. The Bertz CT molecular complexity index is 772. The van der Waals surface area contributed by atoms with E-state index in [-0.39, 0.29) is 12.3 Å². The lowest BCUT2D eigenvalue weighted by atomic mass is 10.1. The van der Waals surface area contributed by atoms with E-state index in [4.69, 9.17) is 32.7 Å². The fraction of sp³-hybridized carbons (Fsp3) is 0.263. The summed E-state index contributed by atoms with van der Waals surface area (Å²) in [6, 6.07) is 13.1. The number of nitrogens with one attached hydrogen (secondary N) is 2. The van der Waals surface area contributed by atoms with E-state index < -0.39 is 12.0 Å². The minimum Gasteiger partial charge on any atom is -0.492 e. The highest BCUT2D eigenvalue weighted by atomic mass is 35.5. The van der Waals surface area contributed by atoms with Crippen molar-refractivity contribution in [3.8, 4) is 5.75 Å². The van der Waals surface area contributed by atoms with Gasteiger partial charge >= 0.3 is 5.97 Å². The number of hydrogen-bond donors (Lipinski definition) is 2. The summed E-state index contributed by atoms with van der Waals surface area (Å²) in [7, 11) is 1.29. The van der Waals surface area contributed by atoms with Gasteiger partial charge in [-0.1, -0.05) is 53.5 Å². The van der Waals surface area contributed by atoms with Crippen molar-refractivity contribution >= 4 is 35.1 Å². The maximum Gasteiger partial charge on any atom is 0.329 e. The van der Waals surface area contributed by atoms with Gasteiger partial charge in [-0.05, 0) is 30.2 Å². The third-order valence-electron chi connectivity index (χ3n) is 3.63. The van der Waals surface area contributed by atoms with Crippen LogP contribution in [0, 0.1) is 0 Å². The van der Waals surface area contributed by atoms with E-state index in [0.29, 0.717) is 34.4 Å². The molecule has 0 aliphatic heterocycles. The lowest BCUT2D eigenvalue weighted by Crippen LogP contribution is -2.43. The fourth-order valence-corrected chi connectivity index (χ4v) is 2.73. The molecule has 0 spiro atoms. The third kappa shape index (κ3) is 6.75. The summed E-state index contributed by atoms with van der Waals surface area (Å²) >= 11 is 11.8. The Morgan fingerprint density at radius 2 is 1.85 bits per heavy atom. The Hall–Kier alpha value is -2.28. The summed E-state index contributed by atoms with van der Waals surface area (Å²) < 4.78 is 10.3. The molecule has 0 fully saturated rings. The van der Waals surface area contributed by atoms with Gasteiger partial charge in [-0.15, -0.1) is 0 Å². The zero-order valence-corrected chi connectivity index (χ0v) is 16.2. The highest BCUT2D eigenvalue weighted by Gasteiger charge is 2.21. The van der Waals surface area contributed by atoms with Crippen LogP contribution in [0.4, 0.5) is 0 Å². The summed E-state index contributed by atoms with van der Waals surface area (Å²) in [5.74, 6) is -0.262. The highest BCUT2D eigenvalue weighted by Crippen LogP contribution is 2.27. The van der Waals surface area contributed by atoms with E-state index in [1.54, 1.807) is 42.5 Å². The molecule has 0 radical (unpaired) electrons. The molecule has 8 heteroatoms. The second kappa shape index (κ2) is 10.8. The smallest absolute Gasteiger partial charge is 0.329 e. The van der Waals surface area contributed by atoms with Crippen LogP contribution < -0.4 is 15.6 Å². The van der Waals surface area contributed by atoms with Crippen LogP contribution in [0.3, 0.4) is 0 Å². The molecular weight excluding hydrogens is 391 g/mol. The Labute approximate surface area is 167 Å².